The number of aromatic carboxylic acids is 4. The Morgan fingerprint density at radius 1 is 0.373 bits per heavy atom. The van der Waals surface area contributed by atoms with Gasteiger partial charge in [-0.3, -0.25) is 0 Å². The monoisotopic (exact) mass is 2110 g/mol. The van der Waals surface area contributed by atoms with Crippen LogP contribution in [0.3, 0.4) is 0 Å². The number of carboxylic acids is 4. The molecule has 0 saturated heterocycles. The van der Waals surface area contributed by atoms with Crippen LogP contribution in [0.2, 0.25) is 55.8 Å². The fraction of sp³-hybridized carbons (Fsp3) is 0.118. The molecule has 0 unspecified atom stereocenters. The molecule has 12 aromatic rings. The number of nitrogens with two attached hydrogens (primary N) is 6. The molecule has 31 nitrogen and oxygen atoms in total. The Bertz CT molecular complexity index is 6700. The quantitative estimate of drug-likeness (QED) is 0.0244. The maximum absolute atomic E-state index is 14.3. The lowest BCUT2D eigenvalue weighted by Crippen LogP contribution is -2.12. The minimum atomic E-state index is -4.75. The Kier molecular flexibility index (Phi) is 36.2. The summed E-state index contributed by atoms with van der Waals surface area (Å²) in [5, 5.41) is 32.6. The summed E-state index contributed by atoms with van der Waals surface area (Å²) in [6.07, 6.45) is -12.2. The number of anilines is 6. The van der Waals surface area contributed by atoms with E-state index in [4.69, 9.17) is 187 Å². The van der Waals surface area contributed by atoms with Crippen LogP contribution in [0.25, 0.3) is 67.5 Å². The average Bonchev–Trinajstić information content (AvgIpc) is 0.767. The van der Waals surface area contributed by atoms with Crippen molar-refractivity contribution >= 4 is 198 Å². The van der Waals surface area contributed by atoms with Crippen molar-refractivity contribution in [2.75, 3.05) is 55.7 Å². The van der Waals surface area contributed by atoms with Gasteiger partial charge in [0.15, 0.2) is 63.2 Å². The van der Waals surface area contributed by atoms with Gasteiger partial charge in [-0.1, -0.05) is 134 Å². The highest BCUT2D eigenvalue weighted by Crippen LogP contribution is 2.44. The van der Waals surface area contributed by atoms with Crippen molar-refractivity contribution in [2.24, 2.45) is 0 Å². The number of esters is 2. The molecular weight excluding hydrogens is 2070 g/mol. The Balaban J connectivity index is 0.000000220. The molecule has 708 valence electrons. The zero-order valence-corrected chi connectivity index (χ0v) is 74.4. The molecule has 0 radical (unpaired) electrons. The topological polar surface area (TPSA) is 518 Å². The summed E-state index contributed by atoms with van der Waals surface area (Å²) in [5.74, 6) is -15.1. The first-order chi connectivity index (χ1) is 62.3. The lowest BCUT2D eigenvalue weighted by Gasteiger charge is -2.13. The van der Waals surface area contributed by atoms with Gasteiger partial charge >= 0.3 is 54.8 Å². The lowest BCUT2D eigenvalue weighted by atomic mass is 10.0. The highest BCUT2D eigenvalue weighted by molar-refractivity contribution is 6.39. The number of hydrogen-bond acceptors (Lipinski definition) is 27. The molecule has 0 aliphatic rings. The van der Waals surface area contributed by atoms with Crippen LogP contribution < -0.4 is 43.9 Å². The lowest BCUT2D eigenvalue weighted by molar-refractivity contribution is -0.142. The fourth-order valence-corrected chi connectivity index (χ4v) is 12.7. The minimum Gasteiger partial charge on any atom is -0.480 e. The summed E-state index contributed by atoms with van der Waals surface area (Å²) in [6.45, 7) is -0.513. The molecule has 0 aliphatic carbocycles. The third-order valence-electron chi connectivity index (χ3n) is 16.7. The summed E-state index contributed by atoms with van der Waals surface area (Å²) >= 11 is 63.0. The van der Waals surface area contributed by atoms with E-state index in [9.17, 15) is 99.0 Å². The van der Waals surface area contributed by atoms with Crippen molar-refractivity contribution < 1.29 is 138 Å². The maximum atomic E-state index is 14.3. The highest BCUT2D eigenvalue weighted by Gasteiger charge is 2.37. The number of carbonyl (C=O) groups excluding carboxylic acids is 2. The van der Waals surface area contributed by atoms with Crippen LogP contribution in [0.15, 0.2) is 78.9 Å². The van der Waals surface area contributed by atoms with Gasteiger partial charge in [-0.2, -0.15) is 35.1 Å². The zero-order valence-electron chi connectivity index (χ0n) is 66.1. The van der Waals surface area contributed by atoms with E-state index >= 15 is 0 Å². The van der Waals surface area contributed by atoms with Crippen molar-refractivity contribution in [2.45, 2.75) is 39.2 Å². The third kappa shape index (κ3) is 24.8. The number of hydrogen-bond donors (Lipinski definition) is 10. The molecule has 0 saturated carbocycles. The first-order valence-electron chi connectivity index (χ1n) is 34.6. The number of rotatable bonds is 16. The highest BCUT2D eigenvalue weighted by atomic mass is 35.5. The molecule has 0 aliphatic heterocycles. The van der Waals surface area contributed by atoms with E-state index in [1.54, 1.807) is 6.07 Å². The molecule has 11 heterocycles. The average molecular weight is 2120 g/mol. The molecule has 12 rings (SSSR count). The number of halogens is 27. The Morgan fingerprint density at radius 2 is 0.716 bits per heavy atom. The normalized spacial score (nSPS) is 11.0. The molecule has 0 spiro atoms. The predicted octanol–water partition coefficient (Wildman–Crippen LogP) is 21.5. The number of nitrogens with zero attached hydrogens (tertiary/aromatic N) is 11. The third-order valence-corrected chi connectivity index (χ3v) is 20.3. The van der Waals surface area contributed by atoms with Gasteiger partial charge in [0, 0.05) is 39.6 Å². The van der Waals surface area contributed by atoms with E-state index in [0.29, 0.717) is 17.7 Å². The SMILES string of the molecule is COC(=O)c1nc(-c2ccc(C(F)(F)F)nc2C)c(F)c(N)c1Cl.COC(=O)c1nc(-c2ccc(C(F)F)nc2Cl)c(F)c(N)c1Cl.COc1nc(C(F)(F)F)ccc1-c1nc(C(=O)O)c(Cl)c(N)c1F.Cc1c(-c2nc(C(=O)O)c(Cl)c(N)c2F)ccc(Cl)c1F.Nc1c(F)c(-c2ccc(OC(F)F)nc2Cl)nc(C(=O)O)c1Cl.Nc1cc(-c2ccc(Cl)nc2Cl)nc(C(=O)O)c1Cl. The number of nitrogen functional groups attached to an aromatic ring is 6. The summed E-state index contributed by atoms with van der Waals surface area (Å²) in [5.41, 5.74) is 21.1. The van der Waals surface area contributed by atoms with Crippen molar-refractivity contribution in [3.05, 3.63) is 232 Å². The molecule has 11 aromatic heterocycles. The summed E-state index contributed by atoms with van der Waals surface area (Å²) < 4.78 is 228. The molecular formula is C76H46Cl11F16N17O14. The number of aryl methyl sites for hydroxylation is 1. The van der Waals surface area contributed by atoms with Gasteiger partial charge in [0.1, 0.15) is 72.0 Å². The molecule has 1 aromatic carbocycles. The number of carbonyl (C=O) groups is 6. The molecule has 134 heavy (non-hydrogen) atoms. The Labute approximate surface area is 792 Å². The Hall–Kier alpha value is -12.8. The summed E-state index contributed by atoms with van der Waals surface area (Å²) in [7, 11) is 3.15. The molecule has 0 fully saturated rings. The van der Waals surface area contributed by atoms with Crippen molar-refractivity contribution in [1.29, 1.82) is 0 Å². The van der Waals surface area contributed by atoms with Crippen molar-refractivity contribution in [1.82, 2.24) is 54.8 Å². The van der Waals surface area contributed by atoms with E-state index in [2.05, 4.69) is 69.0 Å². The van der Waals surface area contributed by atoms with Crippen molar-refractivity contribution in [3.8, 4) is 79.3 Å². The van der Waals surface area contributed by atoms with Crippen LogP contribution in [-0.2, 0) is 21.8 Å². The van der Waals surface area contributed by atoms with Gasteiger partial charge in [0.05, 0.1) is 102 Å². The minimum absolute atomic E-state index is 0.0203. The predicted molar refractivity (Wildman–Crippen MR) is 456 cm³/mol. The van der Waals surface area contributed by atoms with E-state index in [1.807, 2.05) is 0 Å². The van der Waals surface area contributed by atoms with E-state index in [0.717, 1.165) is 57.7 Å². The standard InChI is InChI=1S/C14H10ClF4N3O2.C13H8Cl2F3N3O2.C13H8Cl2F2N2O2.C13H8ClF4N3O3.C12H6Cl2F3N3O3.C11H6Cl3N3O2/c1-5-6(3-4-7(21-5)14(17,18)19)11-9(16)10(20)8(15)12(22-11)13(23)24-2;1-23-13(22)10-6(14)8(19)7(16)9(21-10)4-2-3-5(12(17)18)20-11(4)15;1-4-5(2-3-6(14)8(4)16)11-9(17)10(18)7(15)12(19-11)13(20)21;1-24-11-4(2-3-5(20-11)13(16,17)18)9-7(15)8(19)6(14)10(21-9)12(22)23;13-5-7(18)6(15)8(20-9(5)11(21)22)3-1-2-4(19-10(3)14)23-12(16)17;12-7-2-1-4(10(14)17-7)6-3-5(15)8(13)9(16-6)11(18)19/h3-4H,1-2H3,(H2,20,22);2-3,12H,1H3,(H2,19,21);2-3H,1H3,(H2,18,19)(H,20,21);2-3H,1H3,(H2,19,21)(H,22,23);1-2,12H,(H2,18,20)(H,21,22);1-3H,(H2,15,16)(H,18,19). The molecule has 16 N–H and O–H groups in total. The zero-order chi connectivity index (χ0) is 101. The number of pyridine rings is 11. The number of ether oxygens (including phenoxy) is 4. The van der Waals surface area contributed by atoms with Crippen LogP contribution in [0.4, 0.5) is 104 Å². The van der Waals surface area contributed by atoms with Gasteiger partial charge in [-0.05, 0) is 86.1 Å². The molecule has 0 bridgehead atoms. The van der Waals surface area contributed by atoms with E-state index in [1.165, 1.54) is 38.1 Å². The van der Waals surface area contributed by atoms with E-state index in [-0.39, 0.29) is 76.5 Å². The number of methoxy groups -OCH3 is 3. The smallest absolute Gasteiger partial charge is 0.433 e. The number of alkyl halides is 10. The van der Waals surface area contributed by atoms with Crippen LogP contribution >= 0.6 is 128 Å². The molecule has 58 heteroatoms. The molecule has 0 atom stereocenters. The number of benzene rings is 1. The second kappa shape index (κ2) is 44.8. The largest absolute Gasteiger partial charge is 0.480 e. The molecule has 0 amide bonds. The fourth-order valence-electron chi connectivity index (χ4n) is 10.3. The van der Waals surface area contributed by atoms with Gasteiger partial charge < -0.3 is 73.8 Å². The second-order valence-corrected chi connectivity index (χ2v) is 29.2. The van der Waals surface area contributed by atoms with Crippen LogP contribution in [0.1, 0.15) is 97.7 Å². The second-order valence-electron chi connectivity index (χ2n) is 25.0. The maximum Gasteiger partial charge on any atom is 0.433 e. The van der Waals surface area contributed by atoms with Gasteiger partial charge in [0.25, 0.3) is 6.43 Å². The first-order valence-corrected chi connectivity index (χ1v) is 38.8. The Morgan fingerprint density at radius 3 is 1.09 bits per heavy atom. The number of aromatic nitrogens is 11. The van der Waals surface area contributed by atoms with Gasteiger partial charge in [-0.25, -0.2) is 119 Å². The summed E-state index contributed by atoms with van der Waals surface area (Å²) in [6, 6.07) is 14.2. The summed E-state index contributed by atoms with van der Waals surface area (Å²) in [4.78, 5) is 107. The van der Waals surface area contributed by atoms with E-state index < -0.39 is 246 Å². The van der Waals surface area contributed by atoms with Crippen LogP contribution in [0, 0.1) is 48.8 Å². The van der Waals surface area contributed by atoms with Crippen LogP contribution in [-0.4, -0.2) is 139 Å². The van der Waals surface area contributed by atoms with Crippen LogP contribution in [0.5, 0.6) is 11.8 Å². The van der Waals surface area contributed by atoms with Crippen molar-refractivity contribution in [3.63, 3.8) is 0 Å². The van der Waals surface area contributed by atoms with Gasteiger partial charge in [-0.15, -0.1) is 0 Å². The number of carboxylic acid groups (broad SMARTS) is 4. The first kappa shape index (κ1) is 108. The van der Waals surface area contributed by atoms with Gasteiger partial charge in [0.2, 0.25) is 11.8 Å².